The largest absolute Gasteiger partial charge is 0.462 e. The SMILES string of the molecule is CCCCCC/C=C\C/C=C\CCCCCCCC(=O)OCC(COC(=O)CCCCCCCCCCCCCCCCCCCCC/C=C\CCCCCCCCCC)OC(=O)CCCCCCCCC/C=C\CCCCCCCC. The van der Waals surface area contributed by atoms with Gasteiger partial charge in [0.25, 0.3) is 0 Å². The molecule has 1 unspecified atom stereocenters. The number of carbonyl (C=O) groups is 3. The second kappa shape index (κ2) is 70.9. The van der Waals surface area contributed by atoms with Crippen LogP contribution in [-0.2, 0) is 28.6 Å². The van der Waals surface area contributed by atoms with Crippen LogP contribution in [-0.4, -0.2) is 37.2 Å². The Morgan fingerprint density at radius 1 is 0.244 bits per heavy atom. The maximum Gasteiger partial charge on any atom is 0.306 e. The molecule has 0 aliphatic rings. The standard InChI is InChI=1S/C76H140O6/c1-4-7-10-13-16-19-22-25-28-31-32-33-34-35-36-37-38-39-40-41-42-43-44-46-48-51-54-57-60-63-66-69-75(78)81-72-73(71-80-74(77)68-65-62-59-56-53-50-47-30-27-24-21-18-15-12-9-6-3)82-76(79)70-67-64-61-58-55-52-49-45-29-26-23-20-17-14-11-8-5-2/h21,24,26,29-32,47,73H,4-20,22-23,25,27-28,33-46,48-72H2,1-3H3/b24-21-,29-26-,32-31-,47-30-. The van der Waals surface area contributed by atoms with Crippen LogP contribution in [0.1, 0.15) is 400 Å². The fourth-order valence-corrected chi connectivity index (χ4v) is 11.0. The number of unbranched alkanes of at least 4 members (excludes halogenated alkanes) is 49. The second-order valence-corrected chi connectivity index (χ2v) is 24.8. The molecule has 0 saturated carbocycles. The molecule has 0 bridgehead atoms. The molecular formula is C76H140O6. The number of carbonyl (C=O) groups excluding carboxylic acids is 3. The van der Waals surface area contributed by atoms with Crippen molar-refractivity contribution in [2.75, 3.05) is 13.2 Å². The van der Waals surface area contributed by atoms with E-state index in [1.807, 2.05) is 0 Å². The van der Waals surface area contributed by atoms with Crippen LogP contribution in [0.3, 0.4) is 0 Å². The molecule has 0 aliphatic heterocycles. The van der Waals surface area contributed by atoms with E-state index in [1.165, 1.54) is 283 Å². The molecule has 0 spiro atoms. The summed E-state index contributed by atoms with van der Waals surface area (Å²) in [4.78, 5) is 38.4. The van der Waals surface area contributed by atoms with Gasteiger partial charge in [0.2, 0.25) is 0 Å². The van der Waals surface area contributed by atoms with Crippen LogP contribution >= 0.6 is 0 Å². The summed E-state index contributed by atoms with van der Waals surface area (Å²) >= 11 is 0. The molecule has 6 nitrogen and oxygen atoms in total. The van der Waals surface area contributed by atoms with E-state index >= 15 is 0 Å². The lowest BCUT2D eigenvalue weighted by Gasteiger charge is -2.18. The first-order chi connectivity index (χ1) is 40.5. The van der Waals surface area contributed by atoms with Crippen LogP contribution in [0.4, 0.5) is 0 Å². The molecule has 0 amide bonds. The van der Waals surface area contributed by atoms with Crippen molar-refractivity contribution in [2.24, 2.45) is 0 Å². The van der Waals surface area contributed by atoms with E-state index in [-0.39, 0.29) is 31.1 Å². The molecule has 0 aromatic rings. The smallest absolute Gasteiger partial charge is 0.306 e. The minimum atomic E-state index is -0.781. The van der Waals surface area contributed by atoms with Gasteiger partial charge in [-0.3, -0.25) is 14.4 Å². The third kappa shape index (κ3) is 68.2. The summed E-state index contributed by atoms with van der Waals surface area (Å²) in [6.45, 7) is 6.67. The van der Waals surface area contributed by atoms with Gasteiger partial charge in [0.05, 0.1) is 0 Å². The predicted molar refractivity (Wildman–Crippen MR) is 358 cm³/mol. The summed E-state index contributed by atoms with van der Waals surface area (Å²) in [5.41, 5.74) is 0. The van der Waals surface area contributed by atoms with Gasteiger partial charge in [-0.2, -0.15) is 0 Å². The maximum atomic E-state index is 12.9. The van der Waals surface area contributed by atoms with Crippen LogP contribution in [0, 0.1) is 0 Å². The van der Waals surface area contributed by atoms with Crippen molar-refractivity contribution >= 4 is 17.9 Å². The van der Waals surface area contributed by atoms with E-state index in [0.29, 0.717) is 19.3 Å². The van der Waals surface area contributed by atoms with Crippen LogP contribution in [0.25, 0.3) is 0 Å². The summed E-state index contributed by atoms with van der Waals surface area (Å²) in [6, 6.07) is 0. The maximum absolute atomic E-state index is 12.9. The average Bonchev–Trinajstić information content (AvgIpc) is 3.47. The van der Waals surface area contributed by atoms with Crippen molar-refractivity contribution in [3.8, 4) is 0 Å². The Bertz CT molecular complexity index is 1410. The minimum absolute atomic E-state index is 0.0755. The third-order valence-electron chi connectivity index (χ3n) is 16.5. The van der Waals surface area contributed by atoms with Gasteiger partial charge in [0.15, 0.2) is 6.10 Å². The Morgan fingerprint density at radius 3 is 0.695 bits per heavy atom. The fourth-order valence-electron chi connectivity index (χ4n) is 11.0. The van der Waals surface area contributed by atoms with Gasteiger partial charge >= 0.3 is 17.9 Å². The second-order valence-electron chi connectivity index (χ2n) is 24.8. The Labute approximate surface area is 511 Å². The Hall–Kier alpha value is -2.63. The van der Waals surface area contributed by atoms with E-state index in [4.69, 9.17) is 14.2 Å². The van der Waals surface area contributed by atoms with Gasteiger partial charge in [-0.05, 0) is 103 Å². The van der Waals surface area contributed by atoms with Gasteiger partial charge in [0, 0.05) is 19.3 Å². The van der Waals surface area contributed by atoms with E-state index in [0.717, 1.165) is 77.0 Å². The third-order valence-corrected chi connectivity index (χ3v) is 16.5. The highest BCUT2D eigenvalue weighted by atomic mass is 16.6. The molecule has 0 radical (unpaired) electrons. The summed E-state index contributed by atoms with van der Waals surface area (Å²) in [5.74, 6) is -0.868. The molecule has 0 N–H and O–H groups in total. The van der Waals surface area contributed by atoms with Gasteiger partial charge in [0.1, 0.15) is 13.2 Å². The Kier molecular flexibility index (Phi) is 68.6. The van der Waals surface area contributed by atoms with E-state index < -0.39 is 6.10 Å². The Balaban J connectivity index is 4.20. The predicted octanol–water partition coefficient (Wildman–Crippen LogP) is 25.3. The number of ether oxygens (including phenoxy) is 3. The van der Waals surface area contributed by atoms with Crippen LogP contribution in [0.5, 0.6) is 0 Å². The number of esters is 3. The normalized spacial score (nSPS) is 12.3. The summed E-state index contributed by atoms with van der Waals surface area (Å²) in [5, 5.41) is 0. The molecule has 0 heterocycles. The van der Waals surface area contributed by atoms with Crippen molar-refractivity contribution in [3.05, 3.63) is 48.6 Å². The first-order valence-electron chi connectivity index (χ1n) is 36.6. The zero-order valence-corrected chi connectivity index (χ0v) is 55.3. The van der Waals surface area contributed by atoms with Gasteiger partial charge in [-0.1, -0.05) is 326 Å². The monoisotopic (exact) mass is 1150 g/mol. The first-order valence-corrected chi connectivity index (χ1v) is 36.6. The highest BCUT2D eigenvalue weighted by molar-refractivity contribution is 5.71. The molecule has 0 fully saturated rings. The van der Waals surface area contributed by atoms with Crippen molar-refractivity contribution in [3.63, 3.8) is 0 Å². The number of hydrogen-bond donors (Lipinski definition) is 0. The molecule has 0 saturated heterocycles. The lowest BCUT2D eigenvalue weighted by atomic mass is 10.0. The van der Waals surface area contributed by atoms with Crippen LogP contribution in [0.15, 0.2) is 48.6 Å². The quantitative estimate of drug-likeness (QED) is 0.0261. The molecule has 82 heavy (non-hydrogen) atoms. The van der Waals surface area contributed by atoms with E-state index in [9.17, 15) is 14.4 Å². The highest BCUT2D eigenvalue weighted by Gasteiger charge is 2.19. The molecular weight excluding hydrogens is 1010 g/mol. The van der Waals surface area contributed by atoms with Crippen molar-refractivity contribution in [2.45, 2.75) is 406 Å². The topological polar surface area (TPSA) is 78.9 Å². The lowest BCUT2D eigenvalue weighted by Crippen LogP contribution is -2.30. The van der Waals surface area contributed by atoms with E-state index in [2.05, 4.69) is 69.4 Å². The van der Waals surface area contributed by atoms with Crippen molar-refractivity contribution in [1.82, 2.24) is 0 Å². The fraction of sp³-hybridized carbons (Fsp3) is 0.855. The van der Waals surface area contributed by atoms with Gasteiger partial charge < -0.3 is 14.2 Å². The molecule has 0 aliphatic carbocycles. The molecule has 6 heteroatoms. The number of hydrogen-bond acceptors (Lipinski definition) is 6. The van der Waals surface area contributed by atoms with Crippen LogP contribution in [0.2, 0.25) is 0 Å². The summed E-state index contributed by atoms with van der Waals surface area (Å²) in [7, 11) is 0. The Morgan fingerprint density at radius 2 is 0.439 bits per heavy atom. The summed E-state index contributed by atoms with van der Waals surface area (Å²) < 4.78 is 17.0. The van der Waals surface area contributed by atoms with Crippen molar-refractivity contribution in [1.29, 1.82) is 0 Å². The number of allylic oxidation sites excluding steroid dienone is 8. The molecule has 0 aromatic heterocycles. The van der Waals surface area contributed by atoms with Gasteiger partial charge in [-0.15, -0.1) is 0 Å². The zero-order chi connectivity index (χ0) is 59.2. The van der Waals surface area contributed by atoms with Crippen molar-refractivity contribution < 1.29 is 28.6 Å². The summed E-state index contributed by atoms with van der Waals surface area (Å²) in [6.07, 6.45) is 90.1. The van der Waals surface area contributed by atoms with Gasteiger partial charge in [-0.25, -0.2) is 0 Å². The average molecular weight is 1150 g/mol. The lowest BCUT2D eigenvalue weighted by molar-refractivity contribution is -0.167. The molecule has 0 aromatic carbocycles. The molecule has 480 valence electrons. The number of rotatable bonds is 68. The van der Waals surface area contributed by atoms with Crippen LogP contribution < -0.4 is 0 Å². The molecule has 1 atom stereocenters. The highest BCUT2D eigenvalue weighted by Crippen LogP contribution is 2.18. The molecule has 0 rings (SSSR count). The minimum Gasteiger partial charge on any atom is -0.462 e. The zero-order valence-electron chi connectivity index (χ0n) is 55.3. The first kappa shape index (κ1) is 79.4. The van der Waals surface area contributed by atoms with E-state index in [1.54, 1.807) is 0 Å².